The van der Waals surface area contributed by atoms with Crippen molar-refractivity contribution in [2.45, 2.75) is 24.3 Å². The Balaban J connectivity index is 1.26. The number of nitrogens with one attached hydrogen (secondary N) is 1. The van der Waals surface area contributed by atoms with E-state index in [0.717, 1.165) is 25.1 Å². The van der Waals surface area contributed by atoms with E-state index in [4.69, 9.17) is 27.7 Å². The quantitative estimate of drug-likeness (QED) is 0.347. The third-order valence-corrected chi connectivity index (χ3v) is 6.85. The van der Waals surface area contributed by atoms with Gasteiger partial charge in [-0.3, -0.25) is 9.69 Å². The second-order valence-electron chi connectivity index (χ2n) is 7.66. The van der Waals surface area contributed by atoms with Crippen LogP contribution in [0, 0.1) is 5.92 Å². The molecule has 0 aliphatic carbocycles. The van der Waals surface area contributed by atoms with Crippen molar-refractivity contribution in [2.75, 3.05) is 25.4 Å². The van der Waals surface area contributed by atoms with Crippen LogP contribution in [0.2, 0.25) is 10.0 Å². The van der Waals surface area contributed by atoms with Crippen molar-refractivity contribution in [3.63, 3.8) is 0 Å². The average Bonchev–Trinajstić information content (AvgIpc) is 3.25. The van der Waals surface area contributed by atoms with Gasteiger partial charge in [0, 0.05) is 34.3 Å². The lowest BCUT2D eigenvalue weighted by Crippen LogP contribution is -2.43. The van der Waals surface area contributed by atoms with Crippen molar-refractivity contribution in [3.8, 4) is 11.4 Å². The number of hydrogen-bond acceptors (Lipinski definition) is 6. The fourth-order valence-electron chi connectivity index (χ4n) is 3.71. The fourth-order valence-corrected chi connectivity index (χ4v) is 4.99. The Kier molecular flexibility index (Phi) is 8.08. The number of benzene rings is 2. The number of hydrogen-bond donors (Lipinski definition) is 1. The smallest absolute Gasteiger partial charge is 0.241 e. The lowest BCUT2D eigenvalue weighted by Gasteiger charge is -2.30. The molecule has 0 radical (unpaired) electrons. The Morgan fingerprint density at radius 3 is 2.88 bits per heavy atom. The second-order valence-corrected chi connectivity index (χ2v) is 9.67. The summed E-state index contributed by atoms with van der Waals surface area (Å²) in [7, 11) is 0. The summed E-state index contributed by atoms with van der Waals surface area (Å²) < 4.78 is 5.43. The van der Waals surface area contributed by atoms with Gasteiger partial charge in [-0.25, -0.2) is 0 Å². The van der Waals surface area contributed by atoms with Crippen LogP contribution in [-0.2, 0) is 11.3 Å². The number of piperidine rings is 1. The molecule has 1 amide bonds. The Hall–Kier alpha value is -2.06. The summed E-state index contributed by atoms with van der Waals surface area (Å²) in [5.74, 6) is 1.88. The number of amides is 1. The first-order chi connectivity index (χ1) is 15.6. The number of carbonyl (C=O) groups is 1. The van der Waals surface area contributed by atoms with E-state index in [1.807, 2.05) is 18.2 Å². The van der Waals surface area contributed by atoms with E-state index >= 15 is 0 Å². The van der Waals surface area contributed by atoms with Crippen LogP contribution in [0.3, 0.4) is 0 Å². The monoisotopic (exact) mass is 490 g/mol. The maximum absolute atomic E-state index is 12.6. The van der Waals surface area contributed by atoms with Gasteiger partial charge in [0.2, 0.25) is 17.6 Å². The zero-order chi connectivity index (χ0) is 22.3. The molecule has 1 aromatic heterocycles. The molecule has 4 rings (SSSR count). The molecule has 1 aliphatic rings. The molecule has 0 spiro atoms. The number of thioether (sulfide) groups is 1. The molecule has 9 heteroatoms. The molecule has 1 aliphatic heterocycles. The van der Waals surface area contributed by atoms with E-state index in [1.54, 1.807) is 30.0 Å². The number of aromatic nitrogens is 2. The van der Waals surface area contributed by atoms with Gasteiger partial charge in [-0.2, -0.15) is 4.98 Å². The average molecular weight is 491 g/mol. The molecule has 3 aromatic rings. The Morgan fingerprint density at radius 1 is 1.22 bits per heavy atom. The van der Waals surface area contributed by atoms with E-state index < -0.39 is 0 Å². The van der Waals surface area contributed by atoms with Gasteiger partial charge in [-0.1, -0.05) is 46.6 Å². The molecular weight excluding hydrogens is 467 g/mol. The number of rotatable bonds is 8. The Labute approximate surface area is 201 Å². The van der Waals surface area contributed by atoms with Gasteiger partial charge in [0.05, 0.1) is 17.5 Å². The van der Waals surface area contributed by atoms with Gasteiger partial charge in [0.1, 0.15) is 0 Å². The molecule has 1 saturated heterocycles. The zero-order valence-electron chi connectivity index (χ0n) is 17.5. The number of likely N-dealkylation sites (tertiary alicyclic amines) is 1. The Morgan fingerprint density at radius 2 is 2.06 bits per heavy atom. The van der Waals surface area contributed by atoms with Crippen LogP contribution in [-0.4, -0.2) is 46.3 Å². The third-order valence-electron chi connectivity index (χ3n) is 5.29. The predicted octanol–water partition coefficient (Wildman–Crippen LogP) is 5.16. The largest absolute Gasteiger partial charge is 0.355 e. The maximum atomic E-state index is 12.6. The molecule has 1 unspecified atom stereocenters. The van der Waals surface area contributed by atoms with E-state index in [1.165, 1.54) is 4.90 Å². The highest BCUT2D eigenvalue weighted by molar-refractivity contribution is 7.99. The van der Waals surface area contributed by atoms with Crippen LogP contribution in [0.5, 0.6) is 0 Å². The predicted molar refractivity (Wildman–Crippen MR) is 128 cm³/mol. The number of nitrogens with zero attached hydrogens (tertiary/aromatic N) is 3. The topological polar surface area (TPSA) is 71.3 Å². The van der Waals surface area contributed by atoms with Crippen molar-refractivity contribution >= 4 is 40.9 Å². The minimum absolute atomic E-state index is 0.0291. The van der Waals surface area contributed by atoms with E-state index in [-0.39, 0.29) is 11.8 Å². The number of halogens is 2. The normalized spacial score (nSPS) is 16.8. The van der Waals surface area contributed by atoms with Crippen molar-refractivity contribution in [1.29, 1.82) is 0 Å². The number of carbonyl (C=O) groups excluding carboxylic acids is 1. The van der Waals surface area contributed by atoms with E-state index in [2.05, 4.69) is 32.5 Å². The fraction of sp³-hybridized carbons (Fsp3) is 0.348. The van der Waals surface area contributed by atoms with Crippen LogP contribution >= 0.6 is 35.0 Å². The highest BCUT2D eigenvalue weighted by Crippen LogP contribution is 2.28. The lowest BCUT2D eigenvalue weighted by molar-refractivity contribution is -0.126. The summed E-state index contributed by atoms with van der Waals surface area (Å²) in [6, 6.07) is 15.4. The first kappa shape index (κ1) is 23.1. The molecule has 1 atom stereocenters. The van der Waals surface area contributed by atoms with Crippen LogP contribution in [0.25, 0.3) is 11.4 Å². The van der Waals surface area contributed by atoms with Crippen LogP contribution < -0.4 is 5.32 Å². The standard InChI is InChI=1S/C23H24Cl2N4O2S/c24-17-8-9-19(20(25)13-17)22-27-21(31-28-22)15-29-11-4-5-16(14-29)23(30)26-10-12-32-18-6-2-1-3-7-18/h1-3,6-9,13,16H,4-5,10-12,14-15H2,(H,26,30). The summed E-state index contributed by atoms with van der Waals surface area (Å²) in [6.07, 6.45) is 1.85. The molecule has 1 fully saturated rings. The first-order valence-electron chi connectivity index (χ1n) is 10.5. The summed E-state index contributed by atoms with van der Waals surface area (Å²) in [4.78, 5) is 20.5. The van der Waals surface area contributed by atoms with Crippen molar-refractivity contribution in [1.82, 2.24) is 20.4 Å². The molecule has 2 aromatic carbocycles. The van der Waals surface area contributed by atoms with Gasteiger partial charge >= 0.3 is 0 Å². The zero-order valence-corrected chi connectivity index (χ0v) is 19.8. The Bertz CT molecular complexity index is 1050. The van der Waals surface area contributed by atoms with Gasteiger partial charge in [-0.05, 0) is 49.7 Å². The van der Waals surface area contributed by atoms with Gasteiger partial charge in [-0.15, -0.1) is 11.8 Å². The van der Waals surface area contributed by atoms with Gasteiger partial charge in [0.15, 0.2) is 0 Å². The molecule has 0 saturated carbocycles. The van der Waals surface area contributed by atoms with Crippen molar-refractivity contribution < 1.29 is 9.32 Å². The van der Waals surface area contributed by atoms with E-state index in [9.17, 15) is 4.79 Å². The highest BCUT2D eigenvalue weighted by atomic mass is 35.5. The minimum atomic E-state index is -0.0291. The molecule has 168 valence electrons. The maximum Gasteiger partial charge on any atom is 0.241 e. The van der Waals surface area contributed by atoms with Crippen LogP contribution in [0.4, 0.5) is 0 Å². The second kappa shape index (κ2) is 11.2. The molecule has 0 bridgehead atoms. The highest BCUT2D eigenvalue weighted by Gasteiger charge is 2.26. The summed E-state index contributed by atoms with van der Waals surface area (Å²) >= 11 is 13.9. The third kappa shape index (κ3) is 6.25. The van der Waals surface area contributed by atoms with Gasteiger partial charge < -0.3 is 9.84 Å². The SMILES string of the molecule is O=C(NCCSc1ccccc1)C1CCCN(Cc2nc(-c3ccc(Cl)cc3Cl)no2)C1. The van der Waals surface area contributed by atoms with Crippen LogP contribution in [0.1, 0.15) is 18.7 Å². The first-order valence-corrected chi connectivity index (χ1v) is 12.3. The van der Waals surface area contributed by atoms with E-state index in [0.29, 0.717) is 47.0 Å². The van der Waals surface area contributed by atoms with Crippen molar-refractivity contribution in [2.24, 2.45) is 5.92 Å². The molecule has 1 N–H and O–H groups in total. The van der Waals surface area contributed by atoms with Gasteiger partial charge in [0.25, 0.3) is 0 Å². The molecule has 6 nitrogen and oxygen atoms in total. The lowest BCUT2D eigenvalue weighted by atomic mass is 9.97. The molecule has 32 heavy (non-hydrogen) atoms. The van der Waals surface area contributed by atoms with Crippen molar-refractivity contribution in [3.05, 3.63) is 64.5 Å². The van der Waals surface area contributed by atoms with Crippen LogP contribution in [0.15, 0.2) is 57.9 Å². The molecular formula is C23H24Cl2N4O2S. The summed E-state index contributed by atoms with van der Waals surface area (Å²) in [5, 5.41) is 8.16. The summed E-state index contributed by atoms with van der Waals surface area (Å²) in [5.41, 5.74) is 0.676. The molecule has 2 heterocycles. The minimum Gasteiger partial charge on any atom is -0.355 e. The summed E-state index contributed by atoms with van der Waals surface area (Å²) in [6.45, 7) is 2.74.